The van der Waals surface area contributed by atoms with Crippen LogP contribution in [0.4, 0.5) is 0 Å². The van der Waals surface area contributed by atoms with E-state index in [1.165, 1.54) is 0 Å². The zero-order valence-corrected chi connectivity index (χ0v) is 14.0. The van der Waals surface area contributed by atoms with Crippen LogP contribution in [0, 0.1) is 0 Å². The van der Waals surface area contributed by atoms with Crippen molar-refractivity contribution in [2.45, 2.75) is 32.3 Å². The first-order valence-corrected chi connectivity index (χ1v) is 8.50. The monoisotopic (exact) mass is 320 g/mol. The molecule has 6 nitrogen and oxygen atoms in total. The van der Waals surface area contributed by atoms with E-state index in [4.69, 9.17) is 9.47 Å². The van der Waals surface area contributed by atoms with Gasteiger partial charge >= 0.3 is 0 Å². The van der Waals surface area contributed by atoms with E-state index < -0.39 is 0 Å². The topological polar surface area (TPSA) is 67.8 Å². The number of rotatable bonds is 9. The minimum absolute atomic E-state index is 0.281. The first kappa shape index (κ1) is 17.7. The smallest absolute Gasteiger partial charge is 0.191 e. The Kier molecular flexibility index (Phi) is 8.43. The second-order valence-electron chi connectivity index (χ2n) is 5.47. The number of hydrogen-bond acceptors (Lipinski definition) is 4. The molecule has 1 unspecified atom stereocenters. The van der Waals surface area contributed by atoms with Gasteiger partial charge in [-0.15, -0.1) is 0 Å². The Labute approximate surface area is 138 Å². The number of aliphatic imine (C=N–C) groups is 1. The summed E-state index contributed by atoms with van der Waals surface area (Å²) in [5.41, 5.74) is 1.09. The van der Waals surface area contributed by atoms with Crippen LogP contribution in [-0.2, 0) is 15.9 Å². The van der Waals surface area contributed by atoms with E-state index in [1.807, 2.05) is 24.4 Å². The lowest BCUT2D eigenvalue weighted by Crippen LogP contribution is -2.38. The summed E-state index contributed by atoms with van der Waals surface area (Å²) in [5, 5.41) is 6.60. The predicted octanol–water partition coefficient (Wildman–Crippen LogP) is 1.37. The molecule has 0 aliphatic carbocycles. The zero-order valence-electron chi connectivity index (χ0n) is 14.0. The molecule has 128 valence electrons. The van der Waals surface area contributed by atoms with Gasteiger partial charge in [-0.2, -0.15) is 0 Å². The van der Waals surface area contributed by atoms with Crippen LogP contribution < -0.4 is 10.6 Å². The minimum atomic E-state index is 0.281. The molecule has 0 spiro atoms. The molecular formula is C17H28N4O2. The summed E-state index contributed by atoms with van der Waals surface area (Å²) in [4.78, 5) is 8.89. The van der Waals surface area contributed by atoms with Crippen LogP contribution in [0.25, 0.3) is 0 Å². The molecule has 0 amide bonds. The quantitative estimate of drug-likeness (QED) is 0.409. The molecule has 1 fully saturated rings. The second-order valence-corrected chi connectivity index (χ2v) is 5.47. The normalized spacial score (nSPS) is 18.1. The van der Waals surface area contributed by atoms with Crippen molar-refractivity contribution in [3.63, 3.8) is 0 Å². The summed E-state index contributed by atoms with van der Waals surface area (Å²) >= 11 is 0. The van der Waals surface area contributed by atoms with Crippen molar-refractivity contribution >= 4 is 5.96 Å². The molecule has 0 bridgehead atoms. The average Bonchev–Trinajstić information content (AvgIpc) is 3.09. The van der Waals surface area contributed by atoms with Crippen molar-refractivity contribution in [2.75, 3.05) is 39.5 Å². The molecule has 1 aliphatic rings. The maximum atomic E-state index is 5.74. The summed E-state index contributed by atoms with van der Waals surface area (Å²) in [7, 11) is 0. The van der Waals surface area contributed by atoms with Gasteiger partial charge in [0.2, 0.25) is 0 Å². The summed E-state index contributed by atoms with van der Waals surface area (Å²) in [6.07, 6.45) is 4.93. The summed E-state index contributed by atoms with van der Waals surface area (Å²) < 4.78 is 11.0. The van der Waals surface area contributed by atoms with Crippen LogP contribution >= 0.6 is 0 Å². The van der Waals surface area contributed by atoms with Crippen molar-refractivity contribution in [1.29, 1.82) is 0 Å². The molecule has 1 atom stereocenters. The highest BCUT2D eigenvalue weighted by Gasteiger charge is 2.15. The molecule has 1 aliphatic heterocycles. The van der Waals surface area contributed by atoms with Gasteiger partial charge in [-0.3, -0.25) is 9.98 Å². The van der Waals surface area contributed by atoms with Crippen LogP contribution in [0.5, 0.6) is 0 Å². The van der Waals surface area contributed by atoms with Gasteiger partial charge in [-0.25, -0.2) is 0 Å². The lowest BCUT2D eigenvalue weighted by atomic mass is 10.3. The Morgan fingerprint density at radius 1 is 1.43 bits per heavy atom. The molecule has 1 saturated heterocycles. The van der Waals surface area contributed by atoms with Gasteiger partial charge < -0.3 is 20.1 Å². The molecule has 23 heavy (non-hydrogen) atoms. The highest BCUT2D eigenvalue weighted by molar-refractivity contribution is 5.79. The van der Waals surface area contributed by atoms with Gasteiger partial charge in [0.15, 0.2) is 5.96 Å². The van der Waals surface area contributed by atoms with Gasteiger partial charge in [-0.1, -0.05) is 6.07 Å². The fraction of sp³-hybridized carbons (Fsp3) is 0.647. The Hall–Kier alpha value is -1.66. The Morgan fingerprint density at radius 3 is 3.13 bits per heavy atom. The third-order valence-electron chi connectivity index (χ3n) is 3.56. The zero-order chi connectivity index (χ0) is 16.2. The van der Waals surface area contributed by atoms with E-state index in [9.17, 15) is 0 Å². The maximum absolute atomic E-state index is 5.74. The lowest BCUT2D eigenvalue weighted by molar-refractivity contribution is 0.0424. The number of nitrogens with zero attached hydrogens (tertiary/aromatic N) is 2. The summed E-state index contributed by atoms with van der Waals surface area (Å²) in [6, 6.07) is 5.98. The van der Waals surface area contributed by atoms with Gasteiger partial charge in [-0.05, 0) is 31.9 Å². The molecule has 0 saturated carbocycles. The van der Waals surface area contributed by atoms with Gasteiger partial charge in [0, 0.05) is 51.2 Å². The Morgan fingerprint density at radius 2 is 2.39 bits per heavy atom. The van der Waals surface area contributed by atoms with Gasteiger partial charge in [0.1, 0.15) is 0 Å². The third-order valence-corrected chi connectivity index (χ3v) is 3.56. The molecule has 1 aromatic rings. The standard InChI is InChI=1S/C17H28N4O2/c1-2-18-17(21-11-7-15-6-3-4-9-19-15)20-10-5-12-23-16-8-13-22-14-16/h3-4,6,9,16H,2,5,7-8,10-14H2,1H3,(H2,18,20,21). The Balaban J connectivity index is 1.61. The highest BCUT2D eigenvalue weighted by atomic mass is 16.5. The van der Waals surface area contributed by atoms with E-state index in [1.54, 1.807) is 0 Å². The van der Waals surface area contributed by atoms with Crippen molar-refractivity contribution < 1.29 is 9.47 Å². The van der Waals surface area contributed by atoms with Crippen molar-refractivity contribution in [2.24, 2.45) is 4.99 Å². The number of hydrogen-bond donors (Lipinski definition) is 2. The number of pyridine rings is 1. The van der Waals surface area contributed by atoms with Crippen LogP contribution in [-0.4, -0.2) is 56.5 Å². The maximum Gasteiger partial charge on any atom is 0.191 e. The number of nitrogens with one attached hydrogen (secondary N) is 2. The molecule has 2 rings (SSSR count). The van der Waals surface area contributed by atoms with E-state index in [0.29, 0.717) is 0 Å². The summed E-state index contributed by atoms with van der Waals surface area (Å²) in [5.74, 6) is 0.854. The van der Waals surface area contributed by atoms with Crippen LogP contribution in [0.3, 0.4) is 0 Å². The van der Waals surface area contributed by atoms with E-state index >= 15 is 0 Å². The first-order chi connectivity index (χ1) is 11.4. The first-order valence-electron chi connectivity index (χ1n) is 8.50. The van der Waals surface area contributed by atoms with E-state index in [2.05, 4.69) is 27.5 Å². The fourth-order valence-corrected chi connectivity index (χ4v) is 2.35. The molecule has 0 aromatic carbocycles. The lowest BCUT2D eigenvalue weighted by Gasteiger charge is -2.12. The molecule has 6 heteroatoms. The van der Waals surface area contributed by atoms with Crippen molar-refractivity contribution in [3.8, 4) is 0 Å². The van der Waals surface area contributed by atoms with Crippen LogP contribution in [0.15, 0.2) is 29.4 Å². The molecule has 2 heterocycles. The average molecular weight is 320 g/mol. The Bertz CT molecular complexity index is 447. The highest BCUT2D eigenvalue weighted by Crippen LogP contribution is 2.08. The fourth-order valence-electron chi connectivity index (χ4n) is 2.35. The third kappa shape index (κ3) is 7.43. The summed E-state index contributed by atoms with van der Waals surface area (Å²) in [6.45, 7) is 6.80. The molecule has 1 aromatic heterocycles. The van der Waals surface area contributed by atoms with Gasteiger partial charge in [0.05, 0.1) is 12.7 Å². The second kappa shape index (κ2) is 11.0. The number of aromatic nitrogens is 1. The molecular weight excluding hydrogens is 292 g/mol. The minimum Gasteiger partial charge on any atom is -0.379 e. The van der Waals surface area contributed by atoms with Gasteiger partial charge in [0.25, 0.3) is 0 Å². The van der Waals surface area contributed by atoms with E-state index in [0.717, 1.165) is 70.4 Å². The SMILES string of the molecule is CCNC(=NCCCOC1CCOC1)NCCc1ccccn1. The number of ether oxygens (including phenoxy) is 2. The van der Waals surface area contributed by atoms with Crippen molar-refractivity contribution in [1.82, 2.24) is 15.6 Å². The number of guanidine groups is 1. The molecule has 0 radical (unpaired) electrons. The predicted molar refractivity (Wildman–Crippen MR) is 91.7 cm³/mol. The largest absolute Gasteiger partial charge is 0.379 e. The van der Waals surface area contributed by atoms with Crippen LogP contribution in [0.1, 0.15) is 25.5 Å². The molecule has 2 N–H and O–H groups in total. The van der Waals surface area contributed by atoms with Crippen LogP contribution in [0.2, 0.25) is 0 Å². The van der Waals surface area contributed by atoms with E-state index in [-0.39, 0.29) is 6.10 Å². The van der Waals surface area contributed by atoms with Crippen molar-refractivity contribution in [3.05, 3.63) is 30.1 Å².